The number of aryl methyl sites for hydroxylation is 1. The molecule has 3 aliphatic rings. The number of aliphatic hydroxyl groups is 3. The molecule has 0 radical (unpaired) electrons. The highest BCUT2D eigenvalue weighted by Crippen LogP contribution is 2.56. The van der Waals surface area contributed by atoms with E-state index >= 15 is 0 Å². The Morgan fingerprint density at radius 1 is 1.21 bits per heavy atom. The Bertz CT molecular complexity index is 1320. The zero-order valence-electron chi connectivity index (χ0n) is 22.4. The molecular formula is C29H36N2O7. The van der Waals surface area contributed by atoms with Crippen molar-refractivity contribution in [2.24, 2.45) is 17.6 Å². The Kier molecular flexibility index (Phi) is 7.05. The second kappa shape index (κ2) is 9.71. The molecule has 9 nitrogen and oxygen atoms in total. The molecule has 0 saturated heterocycles. The van der Waals surface area contributed by atoms with Gasteiger partial charge in [0.15, 0.2) is 11.4 Å². The van der Waals surface area contributed by atoms with Crippen molar-refractivity contribution in [3.05, 3.63) is 57.4 Å². The minimum absolute atomic E-state index is 0.0675. The Morgan fingerprint density at radius 2 is 1.87 bits per heavy atom. The molecule has 204 valence electrons. The molecule has 1 saturated carbocycles. The van der Waals surface area contributed by atoms with Crippen LogP contribution < -0.4 is 5.73 Å². The highest BCUT2D eigenvalue weighted by atomic mass is 16.3. The number of fused-ring (bicyclic) bond motifs is 3. The van der Waals surface area contributed by atoms with Crippen LogP contribution in [0.3, 0.4) is 0 Å². The van der Waals surface area contributed by atoms with Gasteiger partial charge in [-0.15, -0.1) is 0 Å². The maximum atomic E-state index is 14.0. The van der Waals surface area contributed by atoms with Gasteiger partial charge in [-0.2, -0.15) is 0 Å². The van der Waals surface area contributed by atoms with Gasteiger partial charge in [0, 0.05) is 11.5 Å². The molecule has 0 aromatic heterocycles. The Balaban J connectivity index is 1.87. The highest BCUT2D eigenvalue weighted by Gasteiger charge is 2.64. The monoisotopic (exact) mass is 524 g/mol. The maximum absolute atomic E-state index is 14.0. The van der Waals surface area contributed by atoms with Gasteiger partial charge in [-0.05, 0) is 76.6 Å². The quantitative estimate of drug-likeness (QED) is 0.280. The van der Waals surface area contributed by atoms with Crippen LogP contribution in [-0.2, 0) is 20.8 Å². The number of rotatable bonds is 6. The molecular weight excluding hydrogens is 488 g/mol. The van der Waals surface area contributed by atoms with Crippen molar-refractivity contribution in [1.29, 1.82) is 0 Å². The first-order valence-corrected chi connectivity index (χ1v) is 12.9. The van der Waals surface area contributed by atoms with E-state index in [9.17, 15) is 34.8 Å². The van der Waals surface area contributed by atoms with Crippen molar-refractivity contribution in [2.75, 3.05) is 14.1 Å². The number of carbonyl (C=O) groups excluding carboxylic acids is 3. The normalized spacial score (nSPS) is 29.4. The summed E-state index contributed by atoms with van der Waals surface area (Å²) in [6.45, 7) is 5.86. The minimum atomic E-state index is -2.64. The fourth-order valence-electron chi connectivity index (χ4n) is 6.49. The zero-order valence-corrected chi connectivity index (χ0v) is 22.4. The van der Waals surface area contributed by atoms with Gasteiger partial charge in [-0.25, -0.2) is 0 Å². The third-order valence-electron chi connectivity index (χ3n) is 8.69. The van der Waals surface area contributed by atoms with Gasteiger partial charge in [0.1, 0.15) is 22.8 Å². The molecule has 0 bridgehead atoms. The van der Waals surface area contributed by atoms with E-state index < -0.39 is 58.0 Å². The van der Waals surface area contributed by atoms with Gasteiger partial charge >= 0.3 is 0 Å². The molecule has 0 spiro atoms. The molecule has 9 heteroatoms. The lowest BCUT2D eigenvalue weighted by molar-refractivity contribution is -0.154. The summed E-state index contributed by atoms with van der Waals surface area (Å²) < 4.78 is 0. The van der Waals surface area contributed by atoms with Gasteiger partial charge in [0.2, 0.25) is 5.78 Å². The zero-order chi connectivity index (χ0) is 28.3. The van der Waals surface area contributed by atoms with Gasteiger partial charge in [-0.1, -0.05) is 30.7 Å². The summed E-state index contributed by atoms with van der Waals surface area (Å²) in [7, 11) is 3.16. The number of hydrogen-bond acceptors (Lipinski definition) is 8. The largest absolute Gasteiger partial charge is 0.508 e. The number of benzene rings is 1. The Labute approximate surface area is 221 Å². The lowest BCUT2D eigenvalue weighted by atomic mass is 9.55. The Morgan fingerprint density at radius 3 is 2.45 bits per heavy atom. The first-order chi connectivity index (χ1) is 17.8. The summed E-state index contributed by atoms with van der Waals surface area (Å²) in [5.41, 5.74) is 4.41. The molecule has 1 fully saturated rings. The third kappa shape index (κ3) is 3.87. The molecule has 0 unspecified atom stereocenters. The number of nitrogens with zero attached hydrogens (tertiary/aromatic N) is 1. The third-order valence-corrected chi connectivity index (χ3v) is 8.69. The summed E-state index contributed by atoms with van der Waals surface area (Å²) in [5.74, 6) is -6.73. The molecule has 0 heterocycles. The molecule has 1 aromatic carbocycles. The Hall–Kier alpha value is -3.43. The first kappa shape index (κ1) is 27.6. The highest BCUT2D eigenvalue weighted by molar-refractivity contribution is 6.24. The fraction of sp³-hybridized carbons (Fsp3) is 0.483. The van der Waals surface area contributed by atoms with Crippen LogP contribution >= 0.6 is 0 Å². The van der Waals surface area contributed by atoms with E-state index in [4.69, 9.17) is 5.73 Å². The van der Waals surface area contributed by atoms with E-state index in [1.54, 1.807) is 14.1 Å². The summed E-state index contributed by atoms with van der Waals surface area (Å²) in [6, 6.07) is 2.57. The van der Waals surface area contributed by atoms with Crippen molar-refractivity contribution in [3.63, 3.8) is 0 Å². The topological polar surface area (TPSA) is 161 Å². The molecule has 6 N–H and O–H groups in total. The number of aromatic hydroxyl groups is 1. The minimum Gasteiger partial charge on any atom is -0.508 e. The summed E-state index contributed by atoms with van der Waals surface area (Å²) in [6.07, 6.45) is 4.30. The van der Waals surface area contributed by atoms with Crippen molar-refractivity contribution in [1.82, 2.24) is 4.90 Å². The van der Waals surface area contributed by atoms with Crippen LogP contribution in [0.4, 0.5) is 0 Å². The van der Waals surface area contributed by atoms with Crippen LogP contribution in [0.1, 0.15) is 62.6 Å². The number of phenols is 1. The van der Waals surface area contributed by atoms with Crippen molar-refractivity contribution < 1.29 is 34.8 Å². The fourth-order valence-corrected chi connectivity index (χ4v) is 6.49. The van der Waals surface area contributed by atoms with Crippen molar-refractivity contribution >= 4 is 23.2 Å². The van der Waals surface area contributed by atoms with Gasteiger partial charge < -0.3 is 26.2 Å². The summed E-state index contributed by atoms with van der Waals surface area (Å²) in [4.78, 5) is 40.7. The van der Waals surface area contributed by atoms with Crippen LogP contribution in [0.2, 0.25) is 0 Å². The summed E-state index contributed by atoms with van der Waals surface area (Å²) >= 11 is 0. The van der Waals surface area contributed by atoms with Crippen LogP contribution in [-0.4, -0.2) is 68.5 Å². The van der Waals surface area contributed by atoms with Crippen LogP contribution in [0.5, 0.6) is 5.75 Å². The number of phenolic OH excluding ortho intramolecular Hbond substituents is 1. The van der Waals surface area contributed by atoms with Crippen LogP contribution in [0.15, 0.2) is 40.7 Å². The number of likely N-dealkylation sites (N-methyl/N-ethyl adjacent to an activating group) is 1. The van der Waals surface area contributed by atoms with Crippen molar-refractivity contribution in [3.8, 4) is 5.75 Å². The molecule has 3 aliphatic carbocycles. The van der Waals surface area contributed by atoms with E-state index in [1.165, 1.54) is 10.5 Å². The molecule has 1 amide bonds. The van der Waals surface area contributed by atoms with E-state index in [-0.39, 0.29) is 29.2 Å². The summed E-state index contributed by atoms with van der Waals surface area (Å²) in [5, 5.41) is 45.3. The number of carbonyl (C=O) groups is 3. The van der Waals surface area contributed by atoms with Crippen LogP contribution in [0.25, 0.3) is 5.76 Å². The average molecular weight is 525 g/mol. The van der Waals surface area contributed by atoms with Crippen molar-refractivity contribution in [2.45, 2.75) is 64.0 Å². The number of Topliss-reactive ketones (excluding diaryl/α,β-unsaturated/α-hetero) is 2. The lowest BCUT2D eigenvalue weighted by Gasteiger charge is -2.51. The predicted molar refractivity (Wildman–Crippen MR) is 141 cm³/mol. The molecule has 0 aliphatic heterocycles. The smallest absolute Gasteiger partial charge is 0.255 e. The second-order valence-electron chi connectivity index (χ2n) is 11.0. The number of nitrogens with two attached hydrogens (primary N) is 1. The van der Waals surface area contributed by atoms with E-state index in [1.807, 2.05) is 39.0 Å². The first-order valence-electron chi connectivity index (χ1n) is 12.9. The maximum Gasteiger partial charge on any atom is 0.255 e. The number of ketones is 2. The molecule has 38 heavy (non-hydrogen) atoms. The standard InChI is InChI=1S/C29H36N2O7/c1-6-13(2)8-7-9-15-10-11-16-14(3)17-12-18-22(31(4)5)25(34)21(28(30)37)27(36)29(18,38)26(35)20(17)24(33)19(16)23(15)32/h6,10-11,14,17-18,22,32-33,36,38H,7-9,12H2,1-5H3,(H2,30,37)/b13-6-/t14-,17+,18-,22-,29-/m0/s1. The number of aliphatic hydroxyl groups excluding tert-OH is 2. The van der Waals surface area contributed by atoms with E-state index in [0.29, 0.717) is 17.5 Å². The second-order valence-corrected chi connectivity index (χ2v) is 11.0. The van der Waals surface area contributed by atoms with Crippen LogP contribution in [0, 0.1) is 11.8 Å². The molecule has 4 rings (SSSR count). The van der Waals surface area contributed by atoms with Gasteiger partial charge in [0.25, 0.3) is 5.91 Å². The predicted octanol–water partition coefficient (Wildman–Crippen LogP) is 2.81. The molecule has 1 aromatic rings. The van der Waals surface area contributed by atoms with E-state index in [0.717, 1.165) is 12.8 Å². The number of allylic oxidation sites excluding steroid dienone is 2. The SMILES string of the molecule is C/C=C(/C)CCCc1ccc2c(c1O)C(O)=C1C(=O)[C@]3(O)C(O)=C(C(N)=O)C(=O)[C@@H](N(C)C)[C@@H]3C[C@@H]1[C@H]2C. The average Bonchev–Trinajstić information content (AvgIpc) is 2.84. The van der Waals surface area contributed by atoms with Gasteiger partial charge in [0.05, 0.1) is 11.6 Å². The number of primary amides is 1. The molecule has 5 atom stereocenters. The van der Waals surface area contributed by atoms with Gasteiger partial charge in [-0.3, -0.25) is 19.3 Å². The number of hydrogen-bond donors (Lipinski definition) is 5. The lowest BCUT2D eigenvalue weighted by Crippen LogP contribution is -2.65. The van der Waals surface area contributed by atoms with E-state index in [2.05, 4.69) is 0 Å². The number of amides is 1.